The van der Waals surface area contributed by atoms with Crippen molar-refractivity contribution in [1.82, 2.24) is 0 Å². The van der Waals surface area contributed by atoms with Gasteiger partial charge >= 0.3 is 17.2 Å². The zero-order valence-electron chi connectivity index (χ0n) is 10.5. The number of carbonyl (C=O) groups excluding carboxylic acids is 1. The first-order valence-electron chi connectivity index (χ1n) is 5.60. The van der Waals surface area contributed by atoms with Gasteiger partial charge in [-0.15, -0.1) is 0 Å². The van der Waals surface area contributed by atoms with Crippen LogP contribution in [0.2, 0.25) is 0 Å². The number of hydrogen-bond acceptors (Lipinski definition) is 7. The minimum Gasteiger partial charge on any atom is -0.465 e. The van der Waals surface area contributed by atoms with Crippen LogP contribution in [0, 0.1) is 6.92 Å². The molecule has 0 aliphatic rings. The third kappa shape index (κ3) is 1.56. The van der Waals surface area contributed by atoms with E-state index >= 15 is 0 Å². The zero-order valence-corrected chi connectivity index (χ0v) is 10.5. The van der Waals surface area contributed by atoms with Gasteiger partial charge in [0.25, 0.3) is 0 Å². The van der Waals surface area contributed by atoms with Crippen molar-refractivity contribution in [3.63, 3.8) is 0 Å². The van der Waals surface area contributed by atoms with Crippen molar-refractivity contribution in [2.75, 3.05) is 7.11 Å². The maximum absolute atomic E-state index is 12.0. The van der Waals surface area contributed by atoms with Gasteiger partial charge < -0.3 is 18.0 Å². The highest BCUT2D eigenvalue weighted by molar-refractivity contribution is 6.09. The SMILES string of the molecule is COC(=O)c1coc2c1c(=O)oc1cc(C)oc(=O)c12. The van der Waals surface area contributed by atoms with Crippen LogP contribution in [-0.4, -0.2) is 13.1 Å². The number of carbonyl (C=O) groups is 1. The standard InChI is InChI=1S/C13H8O7/c1-5-3-7-9(13(16)19-5)10-8(12(15)20-7)6(4-18-10)11(14)17-2/h3-4H,1-2H3. The topological polar surface area (TPSA) is 99.9 Å². The van der Waals surface area contributed by atoms with Gasteiger partial charge in [0.05, 0.1) is 7.11 Å². The normalized spacial score (nSPS) is 11.1. The summed E-state index contributed by atoms with van der Waals surface area (Å²) in [4.78, 5) is 35.4. The van der Waals surface area contributed by atoms with E-state index in [9.17, 15) is 14.4 Å². The molecule has 3 rings (SSSR count). The largest absolute Gasteiger partial charge is 0.465 e. The molecule has 3 heterocycles. The van der Waals surface area contributed by atoms with Crippen LogP contribution in [0.4, 0.5) is 0 Å². The summed E-state index contributed by atoms with van der Waals surface area (Å²) in [5.41, 5.74) is -1.60. The lowest BCUT2D eigenvalue weighted by atomic mass is 10.2. The fourth-order valence-electron chi connectivity index (χ4n) is 2.02. The Bertz CT molecular complexity index is 954. The fourth-order valence-corrected chi connectivity index (χ4v) is 2.02. The Hall–Kier alpha value is -2.83. The molecule has 0 fully saturated rings. The van der Waals surface area contributed by atoms with E-state index < -0.39 is 17.2 Å². The summed E-state index contributed by atoms with van der Waals surface area (Å²) in [5.74, 6) is -0.461. The minimum absolute atomic E-state index is 0.0275. The first-order valence-corrected chi connectivity index (χ1v) is 5.60. The van der Waals surface area contributed by atoms with E-state index in [0.717, 1.165) is 6.26 Å². The maximum Gasteiger partial charge on any atom is 0.350 e. The predicted molar refractivity (Wildman–Crippen MR) is 66.9 cm³/mol. The Morgan fingerprint density at radius 2 is 1.85 bits per heavy atom. The second kappa shape index (κ2) is 4.09. The Labute approximate surface area is 110 Å². The quantitative estimate of drug-likeness (QED) is 0.622. The van der Waals surface area contributed by atoms with Gasteiger partial charge in [-0.3, -0.25) is 0 Å². The highest BCUT2D eigenvalue weighted by Gasteiger charge is 2.23. The van der Waals surface area contributed by atoms with Gasteiger partial charge in [0.15, 0.2) is 11.2 Å². The lowest BCUT2D eigenvalue weighted by Crippen LogP contribution is -2.09. The summed E-state index contributed by atoms with van der Waals surface area (Å²) in [7, 11) is 1.17. The number of esters is 1. The summed E-state index contributed by atoms with van der Waals surface area (Å²) in [5, 5.41) is -0.166. The van der Waals surface area contributed by atoms with Crippen molar-refractivity contribution >= 4 is 27.9 Å². The monoisotopic (exact) mass is 276 g/mol. The molecule has 0 aromatic carbocycles. The van der Waals surface area contributed by atoms with Gasteiger partial charge in [0.1, 0.15) is 28.4 Å². The summed E-state index contributed by atoms with van der Waals surface area (Å²) in [6, 6.07) is 1.40. The fraction of sp³-hybridized carbons (Fsp3) is 0.154. The molecular formula is C13H8O7. The van der Waals surface area contributed by atoms with Gasteiger partial charge in [0.2, 0.25) is 0 Å². The molecule has 0 aliphatic carbocycles. The Kier molecular flexibility index (Phi) is 2.50. The predicted octanol–water partition coefficient (Wildman–Crippen LogP) is 1.59. The van der Waals surface area contributed by atoms with Crippen molar-refractivity contribution in [2.45, 2.75) is 6.92 Å². The van der Waals surface area contributed by atoms with E-state index in [4.69, 9.17) is 13.3 Å². The Morgan fingerprint density at radius 3 is 2.55 bits per heavy atom. The van der Waals surface area contributed by atoms with E-state index in [1.807, 2.05) is 0 Å². The summed E-state index contributed by atoms with van der Waals surface area (Å²) in [6.07, 6.45) is 1.05. The third-order valence-electron chi connectivity index (χ3n) is 2.87. The second-order valence-corrected chi connectivity index (χ2v) is 4.12. The van der Waals surface area contributed by atoms with E-state index in [2.05, 4.69) is 4.74 Å². The molecule has 3 aromatic heterocycles. The van der Waals surface area contributed by atoms with E-state index in [1.54, 1.807) is 6.92 Å². The number of hydrogen-bond donors (Lipinski definition) is 0. The van der Waals surface area contributed by atoms with Gasteiger partial charge in [-0.1, -0.05) is 0 Å². The molecule has 3 aromatic rings. The molecule has 0 saturated carbocycles. The molecule has 0 radical (unpaired) electrons. The molecular weight excluding hydrogens is 268 g/mol. The Morgan fingerprint density at radius 1 is 1.15 bits per heavy atom. The molecule has 0 spiro atoms. The van der Waals surface area contributed by atoms with Gasteiger partial charge in [-0.25, -0.2) is 14.4 Å². The van der Waals surface area contributed by atoms with E-state index in [1.165, 1.54) is 13.2 Å². The molecule has 7 nitrogen and oxygen atoms in total. The van der Waals surface area contributed by atoms with Crippen molar-refractivity contribution in [1.29, 1.82) is 0 Å². The van der Waals surface area contributed by atoms with Crippen LogP contribution < -0.4 is 11.3 Å². The molecule has 0 bridgehead atoms. The number of aryl methyl sites for hydroxylation is 1. The number of fused-ring (bicyclic) bond motifs is 3. The maximum atomic E-state index is 12.0. The summed E-state index contributed by atoms with van der Waals surface area (Å²) >= 11 is 0. The van der Waals surface area contributed by atoms with Gasteiger partial charge in [0, 0.05) is 6.07 Å². The van der Waals surface area contributed by atoms with Crippen LogP contribution >= 0.6 is 0 Å². The number of methoxy groups -OCH3 is 1. The summed E-state index contributed by atoms with van der Waals surface area (Å²) in [6.45, 7) is 1.55. The first kappa shape index (κ1) is 12.2. The molecule has 0 unspecified atom stereocenters. The molecule has 0 amide bonds. The van der Waals surface area contributed by atoms with E-state index in [0.29, 0.717) is 5.76 Å². The molecule has 102 valence electrons. The molecule has 0 aliphatic heterocycles. The van der Waals surface area contributed by atoms with Crippen LogP contribution in [0.15, 0.2) is 35.2 Å². The molecule has 0 N–H and O–H groups in total. The van der Waals surface area contributed by atoms with Gasteiger partial charge in [-0.2, -0.15) is 0 Å². The second-order valence-electron chi connectivity index (χ2n) is 4.12. The van der Waals surface area contributed by atoms with Crippen molar-refractivity contribution in [2.24, 2.45) is 0 Å². The lowest BCUT2D eigenvalue weighted by Gasteiger charge is -1.98. The smallest absolute Gasteiger partial charge is 0.350 e. The van der Waals surface area contributed by atoms with Crippen molar-refractivity contribution < 1.29 is 22.8 Å². The van der Waals surface area contributed by atoms with Gasteiger partial charge in [-0.05, 0) is 6.92 Å². The lowest BCUT2D eigenvalue weighted by molar-refractivity contribution is 0.0601. The molecule has 0 atom stereocenters. The van der Waals surface area contributed by atoms with Crippen LogP contribution in [0.1, 0.15) is 16.1 Å². The minimum atomic E-state index is -0.786. The molecule has 0 saturated heterocycles. The van der Waals surface area contributed by atoms with Crippen molar-refractivity contribution in [3.05, 3.63) is 44.5 Å². The number of furan rings is 1. The Balaban J connectivity index is 2.57. The molecule has 20 heavy (non-hydrogen) atoms. The zero-order chi connectivity index (χ0) is 14.4. The van der Waals surface area contributed by atoms with Crippen LogP contribution in [0.25, 0.3) is 21.9 Å². The highest BCUT2D eigenvalue weighted by Crippen LogP contribution is 2.25. The van der Waals surface area contributed by atoms with Crippen LogP contribution in [0.5, 0.6) is 0 Å². The first-order chi connectivity index (χ1) is 9.52. The van der Waals surface area contributed by atoms with Crippen LogP contribution in [0.3, 0.4) is 0 Å². The van der Waals surface area contributed by atoms with Crippen molar-refractivity contribution in [3.8, 4) is 0 Å². The molecule has 7 heteroatoms. The summed E-state index contributed by atoms with van der Waals surface area (Å²) < 4.78 is 19.7. The van der Waals surface area contributed by atoms with E-state index in [-0.39, 0.29) is 27.5 Å². The van der Waals surface area contributed by atoms with Crippen LogP contribution in [-0.2, 0) is 4.74 Å². The number of ether oxygens (including phenoxy) is 1. The number of rotatable bonds is 1. The average molecular weight is 276 g/mol. The third-order valence-corrected chi connectivity index (χ3v) is 2.87. The highest BCUT2D eigenvalue weighted by atomic mass is 16.5. The average Bonchev–Trinajstić information content (AvgIpc) is 2.82.